The summed E-state index contributed by atoms with van der Waals surface area (Å²) in [6, 6.07) is 26.5. The zero-order chi connectivity index (χ0) is 21.2. The summed E-state index contributed by atoms with van der Waals surface area (Å²) in [6.45, 7) is 4.05. The first kappa shape index (κ1) is 20.1. The second kappa shape index (κ2) is 8.74. The zero-order valence-corrected chi connectivity index (χ0v) is 18.3. The molecule has 160 valence electrons. The highest BCUT2D eigenvalue weighted by molar-refractivity contribution is 5.50. The molecule has 4 nitrogen and oxygen atoms in total. The third-order valence-electron chi connectivity index (χ3n) is 6.72. The van der Waals surface area contributed by atoms with E-state index in [0.29, 0.717) is 12.0 Å². The van der Waals surface area contributed by atoms with Gasteiger partial charge in [0.25, 0.3) is 0 Å². The van der Waals surface area contributed by atoms with E-state index >= 15 is 0 Å². The van der Waals surface area contributed by atoms with Gasteiger partial charge in [-0.25, -0.2) is 0 Å². The molecule has 1 saturated heterocycles. The van der Waals surface area contributed by atoms with Crippen molar-refractivity contribution in [1.29, 1.82) is 0 Å². The second-order valence-electron chi connectivity index (χ2n) is 8.57. The van der Waals surface area contributed by atoms with E-state index < -0.39 is 0 Å². The number of benzene rings is 3. The van der Waals surface area contributed by atoms with E-state index in [0.717, 1.165) is 44.2 Å². The van der Waals surface area contributed by atoms with Crippen molar-refractivity contribution >= 4 is 0 Å². The Morgan fingerprint density at radius 3 is 2.26 bits per heavy atom. The standard InChI is InChI=1S/C27H30N2O2/c1-30-25-15-22-13-14-29-19-28(17-20-9-5-3-6-10-20)18-24(21-11-7-4-8-12-21)27(29)23(22)16-26(25)31-2/h3-12,15-16,24,27H,13-14,17-19H2,1-2H3/t24-,27+/m0/s1. The molecule has 4 heteroatoms. The van der Waals surface area contributed by atoms with Crippen molar-refractivity contribution in [3.8, 4) is 11.5 Å². The molecule has 3 aromatic carbocycles. The van der Waals surface area contributed by atoms with Gasteiger partial charge in [0.1, 0.15) is 0 Å². The summed E-state index contributed by atoms with van der Waals surface area (Å²) in [7, 11) is 3.44. The third-order valence-corrected chi connectivity index (χ3v) is 6.72. The average Bonchev–Trinajstić information content (AvgIpc) is 2.83. The van der Waals surface area contributed by atoms with Crippen LogP contribution in [0, 0.1) is 0 Å². The van der Waals surface area contributed by atoms with Gasteiger partial charge in [-0.2, -0.15) is 0 Å². The lowest BCUT2D eigenvalue weighted by molar-refractivity contribution is 0.0107. The summed E-state index contributed by atoms with van der Waals surface area (Å²) in [5.74, 6) is 2.05. The summed E-state index contributed by atoms with van der Waals surface area (Å²) in [5.41, 5.74) is 5.54. The zero-order valence-electron chi connectivity index (χ0n) is 18.3. The molecule has 3 aromatic rings. The smallest absolute Gasteiger partial charge is 0.161 e. The van der Waals surface area contributed by atoms with Crippen LogP contribution in [-0.2, 0) is 13.0 Å². The van der Waals surface area contributed by atoms with E-state index in [1.165, 1.54) is 22.3 Å². The van der Waals surface area contributed by atoms with Gasteiger partial charge in [0.15, 0.2) is 11.5 Å². The maximum absolute atomic E-state index is 5.67. The van der Waals surface area contributed by atoms with Gasteiger partial charge in [-0.15, -0.1) is 0 Å². The topological polar surface area (TPSA) is 24.9 Å². The Labute approximate surface area is 185 Å². The molecular weight excluding hydrogens is 384 g/mol. The number of nitrogens with zero attached hydrogens (tertiary/aromatic N) is 2. The highest BCUT2D eigenvalue weighted by Gasteiger charge is 2.40. The summed E-state index contributed by atoms with van der Waals surface area (Å²) < 4.78 is 11.3. The van der Waals surface area contributed by atoms with Crippen LogP contribution in [0.5, 0.6) is 11.5 Å². The van der Waals surface area contributed by atoms with Gasteiger partial charge < -0.3 is 9.47 Å². The number of ether oxygens (including phenoxy) is 2. The van der Waals surface area contributed by atoms with Gasteiger partial charge in [-0.1, -0.05) is 60.7 Å². The molecule has 2 aliphatic heterocycles. The highest BCUT2D eigenvalue weighted by Crippen LogP contribution is 2.46. The molecule has 5 rings (SSSR count). The minimum absolute atomic E-state index is 0.345. The number of methoxy groups -OCH3 is 2. The summed E-state index contributed by atoms with van der Waals surface area (Å²) in [4.78, 5) is 5.24. The molecule has 0 spiro atoms. The monoisotopic (exact) mass is 414 g/mol. The first-order chi connectivity index (χ1) is 15.3. The van der Waals surface area contributed by atoms with Gasteiger partial charge in [0.05, 0.1) is 20.9 Å². The normalized spacial score (nSPS) is 21.2. The Bertz CT molecular complexity index is 1020. The minimum Gasteiger partial charge on any atom is -0.493 e. The van der Waals surface area contributed by atoms with Gasteiger partial charge in [-0.3, -0.25) is 9.80 Å². The van der Waals surface area contributed by atoms with E-state index in [9.17, 15) is 0 Å². The van der Waals surface area contributed by atoms with Crippen molar-refractivity contribution in [3.05, 3.63) is 95.1 Å². The molecule has 2 aliphatic rings. The van der Waals surface area contributed by atoms with E-state index in [1.54, 1.807) is 14.2 Å². The van der Waals surface area contributed by atoms with Gasteiger partial charge in [-0.05, 0) is 40.8 Å². The van der Waals surface area contributed by atoms with Crippen LogP contribution >= 0.6 is 0 Å². The Morgan fingerprint density at radius 1 is 0.871 bits per heavy atom. The minimum atomic E-state index is 0.345. The Balaban J connectivity index is 1.53. The molecule has 31 heavy (non-hydrogen) atoms. The quantitative estimate of drug-likeness (QED) is 0.595. The van der Waals surface area contributed by atoms with Crippen LogP contribution in [0.15, 0.2) is 72.8 Å². The number of hydrogen-bond donors (Lipinski definition) is 0. The lowest BCUT2D eigenvalue weighted by Crippen LogP contribution is -2.52. The Morgan fingerprint density at radius 2 is 1.55 bits per heavy atom. The fourth-order valence-electron chi connectivity index (χ4n) is 5.30. The van der Waals surface area contributed by atoms with Crippen molar-refractivity contribution in [2.24, 2.45) is 0 Å². The maximum atomic E-state index is 5.67. The van der Waals surface area contributed by atoms with E-state index in [1.807, 2.05) is 0 Å². The number of hydrogen-bond acceptors (Lipinski definition) is 4. The number of fused-ring (bicyclic) bond motifs is 3. The molecule has 0 aromatic heterocycles. The lowest BCUT2D eigenvalue weighted by Gasteiger charge is -2.49. The second-order valence-corrected chi connectivity index (χ2v) is 8.57. The molecule has 0 N–H and O–H groups in total. The maximum Gasteiger partial charge on any atom is 0.161 e. The van der Waals surface area contributed by atoms with E-state index in [2.05, 4.69) is 82.6 Å². The lowest BCUT2D eigenvalue weighted by atomic mass is 9.79. The van der Waals surface area contributed by atoms with Crippen LogP contribution < -0.4 is 9.47 Å². The predicted octanol–water partition coefficient (Wildman–Crippen LogP) is 4.86. The first-order valence-electron chi connectivity index (χ1n) is 11.1. The molecule has 0 aliphatic carbocycles. The van der Waals surface area contributed by atoms with Gasteiger partial charge in [0, 0.05) is 31.6 Å². The van der Waals surface area contributed by atoms with Crippen LogP contribution in [-0.4, -0.2) is 43.8 Å². The van der Waals surface area contributed by atoms with Crippen molar-refractivity contribution in [3.63, 3.8) is 0 Å². The van der Waals surface area contributed by atoms with Crippen molar-refractivity contribution in [2.45, 2.75) is 24.9 Å². The average molecular weight is 415 g/mol. The molecule has 1 fully saturated rings. The SMILES string of the molecule is COc1cc2c(cc1OC)[C@@H]1[C@H](c3ccccc3)CN(Cc3ccccc3)CN1CC2. The van der Waals surface area contributed by atoms with Crippen molar-refractivity contribution < 1.29 is 9.47 Å². The fraction of sp³-hybridized carbons (Fsp3) is 0.333. The van der Waals surface area contributed by atoms with Gasteiger partial charge in [0.2, 0.25) is 0 Å². The molecule has 2 atom stereocenters. The molecule has 0 amide bonds. The molecule has 0 unspecified atom stereocenters. The summed E-state index contributed by atoms with van der Waals surface area (Å²) in [6.07, 6.45) is 1.03. The molecule has 0 radical (unpaired) electrons. The number of rotatable bonds is 5. The molecule has 0 saturated carbocycles. The predicted molar refractivity (Wildman–Crippen MR) is 124 cm³/mol. The Kier molecular flexibility index (Phi) is 5.66. The molecular formula is C27H30N2O2. The summed E-state index contributed by atoms with van der Waals surface area (Å²) in [5, 5.41) is 0. The van der Waals surface area contributed by atoms with Crippen LogP contribution in [0.4, 0.5) is 0 Å². The van der Waals surface area contributed by atoms with Crippen molar-refractivity contribution in [2.75, 3.05) is 34.0 Å². The van der Waals surface area contributed by atoms with Crippen molar-refractivity contribution in [1.82, 2.24) is 9.80 Å². The largest absolute Gasteiger partial charge is 0.493 e. The van der Waals surface area contributed by atoms with Crippen LogP contribution in [0.25, 0.3) is 0 Å². The van der Waals surface area contributed by atoms with Crippen LogP contribution in [0.3, 0.4) is 0 Å². The molecule has 2 heterocycles. The van der Waals surface area contributed by atoms with E-state index in [-0.39, 0.29) is 0 Å². The van der Waals surface area contributed by atoms with Gasteiger partial charge >= 0.3 is 0 Å². The van der Waals surface area contributed by atoms with Crippen LogP contribution in [0.1, 0.15) is 34.2 Å². The van der Waals surface area contributed by atoms with E-state index in [4.69, 9.17) is 9.47 Å². The highest BCUT2D eigenvalue weighted by atomic mass is 16.5. The Hall–Kier alpha value is -2.82. The third kappa shape index (κ3) is 3.93. The fourth-order valence-corrected chi connectivity index (χ4v) is 5.30. The van der Waals surface area contributed by atoms with Crippen LogP contribution in [0.2, 0.25) is 0 Å². The summed E-state index contributed by atoms with van der Waals surface area (Å²) >= 11 is 0. The molecule has 0 bridgehead atoms. The first-order valence-corrected chi connectivity index (χ1v) is 11.1.